The molecule has 0 radical (unpaired) electrons. The van der Waals surface area contributed by atoms with Gasteiger partial charge in [-0.05, 0) is 53.6 Å². The number of aromatic nitrogens is 1. The van der Waals surface area contributed by atoms with E-state index >= 15 is 0 Å². The largest absolute Gasteiger partial charge is 0.352 e. The lowest BCUT2D eigenvalue weighted by molar-refractivity contribution is 0.707. The number of rotatable bonds is 4. The summed E-state index contributed by atoms with van der Waals surface area (Å²) < 4.78 is 1.02. The first-order chi connectivity index (χ1) is 7.74. The lowest BCUT2D eigenvalue weighted by Crippen LogP contribution is -2.29. The summed E-state index contributed by atoms with van der Waals surface area (Å²) in [4.78, 5) is 6.92. The zero-order valence-corrected chi connectivity index (χ0v) is 11.3. The van der Waals surface area contributed by atoms with Crippen LogP contribution < -0.4 is 4.90 Å². The first kappa shape index (κ1) is 10.8. The van der Waals surface area contributed by atoms with Gasteiger partial charge in [0.1, 0.15) is 5.82 Å². The van der Waals surface area contributed by atoms with Crippen LogP contribution in [0.2, 0.25) is 5.02 Å². The second kappa shape index (κ2) is 4.19. The predicted molar refractivity (Wildman–Crippen MR) is 70.0 cm³/mol. The molecule has 4 heteroatoms. The highest BCUT2D eigenvalue weighted by Gasteiger charge is 2.35. The van der Waals surface area contributed by atoms with Gasteiger partial charge in [-0.1, -0.05) is 11.6 Å². The molecule has 0 atom stereocenters. The minimum atomic E-state index is 0.692. The second-order valence-electron chi connectivity index (χ2n) is 4.79. The van der Waals surface area contributed by atoms with E-state index in [0.717, 1.165) is 22.8 Å². The molecule has 16 heavy (non-hydrogen) atoms. The first-order valence-corrected chi connectivity index (χ1v) is 6.99. The van der Waals surface area contributed by atoms with Crippen LogP contribution >= 0.6 is 27.5 Å². The average Bonchev–Trinajstić information content (AvgIpc) is 3.11. The van der Waals surface area contributed by atoms with Crippen LogP contribution in [0.4, 0.5) is 5.82 Å². The molecule has 1 aromatic rings. The van der Waals surface area contributed by atoms with Gasteiger partial charge in [-0.25, -0.2) is 4.98 Å². The van der Waals surface area contributed by atoms with Gasteiger partial charge in [0.15, 0.2) is 0 Å². The van der Waals surface area contributed by atoms with E-state index in [-0.39, 0.29) is 0 Å². The quantitative estimate of drug-likeness (QED) is 0.839. The summed E-state index contributed by atoms with van der Waals surface area (Å²) in [5.41, 5.74) is 0. The fourth-order valence-corrected chi connectivity index (χ4v) is 2.86. The molecule has 2 aliphatic carbocycles. The maximum Gasteiger partial charge on any atom is 0.143 e. The molecule has 0 aliphatic heterocycles. The highest BCUT2D eigenvalue weighted by molar-refractivity contribution is 9.10. The molecule has 2 fully saturated rings. The molecule has 2 nitrogen and oxygen atoms in total. The van der Waals surface area contributed by atoms with Crippen molar-refractivity contribution in [3.05, 3.63) is 21.8 Å². The molecule has 3 rings (SSSR count). The Morgan fingerprint density at radius 2 is 2.12 bits per heavy atom. The van der Waals surface area contributed by atoms with Crippen molar-refractivity contribution >= 4 is 33.3 Å². The van der Waals surface area contributed by atoms with Crippen LogP contribution in [0.3, 0.4) is 0 Å². The van der Waals surface area contributed by atoms with Gasteiger partial charge in [-0.3, -0.25) is 0 Å². The molecule has 1 aromatic heterocycles. The molecular weight excluding hydrogens is 288 g/mol. The Morgan fingerprint density at radius 1 is 1.38 bits per heavy atom. The van der Waals surface area contributed by atoms with Crippen molar-refractivity contribution in [3.63, 3.8) is 0 Å². The fourth-order valence-electron chi connectivity index (χ4n) is 1.99. The third-order valence-electron chi connectivity index (χ3n) is 3.20. The zero-order chi connectivity index (χ0) is 11.1. The summed E-state index contributed by atoms with van der Waals surface area (Å²) in [6.45, 7) is 1.16. The van der Waals surface area contributed by atoms with Gasteiger partial charge < -0.3 is 4.90 Å². The van der Waals surface area contributed by atoms with Gasteiger partial charge in [0.25, 0.3) is 0 Å². The summed E-state index contributed by atoms with van der Waals surface area (Å²) in [6.07, 6.45) is 7.12. The molecule has 2 aliphatic rings. The Balaban J connectivity index is 1.85. The minimum Gasteiger partial charge on any atom is -0.352 e. The van der Waals surface area contributed by atoms with Gasteiger partial charge in [-0.2, -0.15) is 0 Å². The summed E-state index contributed by atoms with van der Waals surface area (Å²) >= 11 is 9.49. The van der Waals surface area contributed by atoms with E-state index in [1.807, 2.05) is 6.07 Å². The van der Waals surface area contributed by atoms with Crippen molar-refractivity contribution in [2.75, 3.05) is 11.4 Å². The molecule has 0 N–H and O–H groups in total. The number of nitrogens with zero attached hydrogens (tertiary/aromatic N) is 2. The third kappa shape index (κ3) is 2.35. The Hall–Kier alpha value is -0.280. The van der Waals surface area contributed by atoms with E-state index in [0.29, 0.717) is 11.1 Å². The number of hydrogen-bond acceptors (Lipinski definition) is 2. The smallest absolute Gasteiger partial charge is 0.143 e. The van der Waals surface area contributed by atoms with Gasteiger partial charge in [0.05, 0.1) is 9.50 Å². The average molecular weight is 302 g/mol. The molecule has 0 amide bonds. The molecule has 1 heterocycles. The van der Waals surface area contributed by atoms with Crippen LogP contribution in [0, 0.1) is 5.92 Å². The van der Waals surface area contributed by atoms with E-state index in [1.165, 1.54) is 25.7 Å². The number of hydrogen-bond donors (Lipinski definition) is 0. The SMILES string of the molecule is Clc1cnc(N(CC2CC2)C2CC2)c(Br)c1. The van der Waals surface area contributed by atoms with E-state index in [4.69, 9.17) is 11.6 Å². The second-order valence-corrected chi connectivity index (χ2v) is 6.08. The third-order valence-corrected chi connectivity index (χ3v) is 3.99. The fraction of sp³-hybridized carbons (Fsp3) is 0.583. The standard InChI is InChI=1S/C12H14BrClN2/c13-11-5-9(14)6-15-12(11)16(10-3-4-10)7-8-1-2-8/h5-6,8,10H,1-4,7H2. The summed E-state index contributed by atoms with van der Waals surface area (Å²) in [7, 11) is 0. The van der Waals surface area contributed by atoms with Crippen LogP contribution in [-0.2, 0) is 0 Å². The van der Waals surface area contributed by atoms with Crippen molar-refractivity contribution in [1.82, 2.24) is 4.98 Å². The first-order valence-electron chi connectivity index (χ1n) is 5.82. The van der Waals surface area contributed by atoms with Crippen molar-refractivity contribution in [2.24, 2.45) is 5.92 Å². The van der Waals surface area contributed by atoms with Crippen molar-refractivity contribution in [2.45, 2.75) is 31.7 Å². The van der Waals surface area contributed by atoms with Gasteiger partial charge in [0, 0.05) is 18.8 Å². The number of anilines is 1. The van der Waals surface area contributed by atoms with Gasteiger partial charge in [-0.15, -0.1) is 0 Å². The molecule has 86 valence electrons. The van der Waals surface area contributed by atoms with Crippen LogP contribution in [0.1, 0.15) is 25.7 Å². The van der Waals surface area contributed by atoms with E-state index in [9.17, 15) is 0 Å². The van der Waals surface area contributed by atoms with E-state index < -0.39 is 0 Å². The molecule has 0 spiro atoms. The van der Waals surface area contributed by atoms with Crippen molar-refractivity contribution < 1.29 is 0 Å². The highest BCUT2D eigenvalue weighted by atomic mass is 79.9. The molecule has 0 unspecified atom stereocenters. The van der Waals surface area contributed by atoms with Crippen LogP contribution in [-0.4, -0.2) is 17.6 Å². The van der Waals surface area contributed by atoms with Crippen LogP contribution in [0.25, 0.3) is 0 Å². The Labute approximate surface area is 109 Å². The maximum atomic E-state index is 5.92. The number of pyridine rings is 1. The normalized spacial score (nSPS) is 19.9. The monoisotopic (exact) mass is 300 g/mol. The zero-order valence-electron chi connectivity index (χ0n) is 9.00. The lowest BCUT2D eigenvalue weighted by Gasteiger charge is -2.24. The lowest BCUT2D eigenvalue weighted by atomic mass is 10.3. The van der Waals surface area contributed by atoms with Crippen LogP contribution in [0.5, 0.6) is 0 Å². The van der Waals surface area contributed by atoms with E-state index in [1.54, 1.807) is 6.20 Å². The van der Waals surface area contributed by atoms with Crippen molar-refractivity contribution in [1.29, 1.82) is 0 Å². The predicted octanol–water partition coefficient (Wildman–Crippen LogP) is 3.88. The number of halogens is 2. The highest BCUT2D eigenvalue weighted by Crippen LogP contribution is 2.39. The maximum absolute atomic E-state index is 5.92. The Morgan fingerprint density at radius 3 is 2.69 bits per heavy atom. The summed E-state index contributed by atoms with van der Waals surface area (Å²) in [5.74, 6) is 1.96. The van der Waals surface area contributed by atoms with Crippen molar-refractivity contribution in [3.8, 4) is 0 Å². The molecule has 0 saturated heterocycles. The molecule has 0 aromatic carbocycles. The molecule has 2 saturated carbocycles. The molecular formula is C12H14BrClN2. The minimum absolute atomic E-state index is 0.692. The van der Waals surface area contributed by atoms with Crippen LogP contribution in [0.15, 0.2) is 16.7 Å². The van der Waals surface area contributed by atoms with Gasteiger partial charge >= 0.3 is 0 Å². The Kier molecular flexibility index (Phi) is 2.84. The topological polar surface area (TPSA) is 16.1 Å². The van der Waals surface area contributed by atoms with E-state index in [2.05, 4.69) is 25.8 Å². The molecule has 0 bridgehead atoms. The summed E-state index contributed by atoms with van der Waals surface area (Å²) in [5, 5.41) is 0.692. The summed E-state index contributed by atoms with van der Waals surface area (Å²) in [6, 6.07) is 2.65. The Bertz CT molecular complexity index is 402. The van der Waals surface area contributed by atoms with Gasteiger partial charge in [0.2, 0.25) is 0 Å².